The van der Waals surface area contributed by atoms with E-state index in [1.807, 2.05) is 27.7 Å². The van der Waals surface area contributed by atoms with Gasteiger partial charge in [0, 0.05) is 0 Å². The molecule has 0 spiro atoms. The summed E-state index contributed by atoms with van der Waals surface area (Å²) >= 11 is 0. The molecule has 1 saturated heterocycles. The first-order valence-electron chi connectivity index (χ1n) is 10.9. The normalized spacial score (nSPS) is 27.5. The smallest absolute Gasteiger partial charge is 0.315 e. The first-order chi connectivity index (χ1) is 13.1. The minimum Gasteiger partial charge on any atom is -0.459 e. The second-order valence-electron chi connectivity index (χ2n) is 9.47. The second kappa shape index (κ2) is 9.57. The van der Waals surface area contributed by atoms with Crippen molar-refractivity contribution in [2.24, 2.45) is 11.8 Å². The fourth-order valence-corrected chi connectivity index (χ4v) is 4.05. The van der Waals surface area contributed by atoms with Crippen molar-refractivity contribution in [2.45, 2.75) is 116 Å². The lowest BCUT2D eigenvalue weighted by Crippen LogP contribution is -2.47. The highest BCUT2D eigenvalue weighted by molar-refractivity contribution is 5.79. The number of carbonyl (C=O) groups excluding carboxylic acids is 2. The van der Waals surface area contributed by atoms with Crippen molar-refractivity contribution in [1.29, 1.82) is 0 Å². The van der Waals surface area contributed by atoms with Gasteiger partial charge in [0.1, 0.15) is 29.3 Å². The fourth-order valence-electron chi connectivity index (χ4n) is 4.05. The van der Waals surface area contributed by atoms with Crippen LogP contribution < -0.4 is 0 Å². The number of carbonyl (C=O) groups is 2. The first-order valence-corrected chi connectivity index (χ1v) is 10.9. The van der Waals surface area contributed by atoms with Crippen LogP contribution in [0.3, 0.4) is 0 Å². The fraction of sp³-hybridized carbons (Fsp3) is 0.909. The number of unbranched alkanes of at least 4 members (excludes halogenated alkanes) is 2. The van der Waals surface area contributed by atoms with Crippen molar-refractivity contribution in [3.63, 3.8) is 0 Å². The molecular weight excluding hydrogens is 360 g/mol. The Kier molecular flexibility index (Phi) is 7.91. The maximum Gasteiger partial charge on any atom is 0.315 e. The molecule has 2 bridgehead atoms. The minimum atomic E-state index is -0.636. The Bertz CT molecular complexity index is 541. The molecule has 2 rings (SSSR count). The van der Waals surface area contributed by atoms with Crippen LogP contribution in [0.1, 0.15) is 92.9 Å². The van der Waals surface area contributed by atoms with Crippen molar-refractivity contribution in [3.8, 4) is 0 Å². The molecule has 2 aliphatic rings. The average molecular weight is 399 g/mol. The van der Waals surface area contributed by atoms with Gasteiger partial charge in [-0.15, -0.1) is 0 Å². The van der Waals surface area contributed by atoms with Crippen LogP contribution in [0.25, 0.3) is 0 Å². The highest BCUT2D eigenvalue weighted by Gasteiger charge is 2.55. The van der Waals surface area contributed by atoms with E-state index in [0.29, 0.717) is 12.8 Å². The molecule has 2 fully saturated rings. The maximum absolute atomic E-state index is 12.9. The van der Waals surface area contributed by atoms with Crippen LogP contribution in [-0.4, -0.2) is 35.3 Å². The number of ether oxygens (including phenoxy) is 2. The molecule has 0 aromatic rings. The third-order valence-electron chi connectivity index (χ3n) is 5.80. The van der Waals surface area contributed by atoms with E-state index in [4.69, 9.17) is 19.2 Å². The largest absolute Gasteiger partial charge is 0.459 e. The van der Waals surface area contributed by atoms with Gasteiger partial charge in [0.25, 0.3) is 0 Å². The van der Waals surface area contributed by atoms with Gasteiger partial charge in [-0.25, -0.2) is 9.78 Å². The monoisotopic (exact) mass is 398 g/mol. The predicted molar refractivity (Wildman–Crippen MR) is 105 cm³/mol. The Hall–Kier alpha value is -1.14. The number of fused-ring (bicyclic) bond motifs is 2. The average Bonchev–Trinajstić information content (AvgIpc) is 2.90. The van der Waals surface area contributed by atoms with Crippen LogP contribution in [0.4, 0.5) is 0 Å². The molecule has 1 aliphatic carbocycles. The third-order valence-corrected chi connectivity index (χ3v) is 5.80. The van der Waals surface area contributed by atoms with Gasteiger partial charge in [-0.2, -0.15) is 0 Å². The van der Waals surface area contributed by atoms with Crippen molar-refractivity contribution in [3.05, 3.63) is 0 Å². The van der Waals surface area contributed by atoms with Crippen LogP contribution in [0.15, 0.2) is 0 Å². The summed E-state index contributed by atoms with van der Waals surface area (Å²) in [5.74, 6) is -1.73. The lowest BCUT2D eigenvalue weighted by atomic mass is 9.77. The van der Waals surface area contributed by atoms with E-state index in [1.165, 1.54) is 0 Å². The van der Waals surface area contributed by atoms with E-state index in [2.05, 4.69) is 13.8 Å². The van der Waals surface area contributed by atoms with Crippen molar-refractivity contribution in [1.82, 2.24) is 0 Å². The number of hydrogen-bond acceptors (Lipinski definition) is 6. The Morgan fingerprint density at radius 3 is 1.93 bits per heavy atom. The highest BCUT2D eigenvalue weighted by atomic mass is 17.2. The molecule has 0 aromatic heterocycles. The van der Waals surface area contributed by atoms with E-state index in [0.717, 1.165) is 38.5 Å². The molecule has 0 amide bonds. The van der Waals surface area contributed by atoms with Crippen LogP contribution in [-0.2, 0) is 28.8 Å². The lowest BCUT2D eigenvalue weighted by Gasteiger charge is -2.34. The maximum atomic E-state index is 12.9. The Labute approximate surface area is 169 Å². The minimum absolute atomic E-state index is 0.307. The molecule has 1 heterocycles. The zero-order chi connectivity index (χ0) is 20.9. The summed E-state index contributed by atoms with van der Waals surface area (Å²) in [7, 11) is 0. The van der Waals surface area contributed by atoms with E-state index in [9.17, 15) is 9.59 Å². The number of hydrogen-bond donors (Lipinski definition) is 0. The van der Waals surface area contributed by atoms with Crippen LogP contribution in [0.5, 0.6) is 0 Å². The summed E-state index contributed by atoms with van der Waals surface area (Å²) in [6.45, 7) is 11.9. The van der Waals surface area contributed by atoms with Crippen molar-refractivity contribution >= 4 is 11.9 Å². The zero-order valence-corrected chi connectivity index (χ0v) is 18.4. The summed E-state index contributed by atoms with van der Waals surface area (Å²) in [5, 5.41) is 0. The predicted octanol–water partition coefficient (Wildman–Crippen LogP) is 4.74. The van der Waals surface area contributed by atoms with Gasteiger partial charge in [0.2, 0.25) is 0 Å². The standard InChI is InChI=1S/C22H38O6/c1-7-9-13-21(3,4)25-19(23)15-11-12-16-17(18(15)28-27-16)20(24)26-22(5,6)14-10-8-2/h15-18H,7-14H2,1-6H3. The molecule has 1 saturated carbocycles. The third kappa shape index (κ3) is 5.93. The molecule has 1 aliphatic heterocycles. The highest BCUT2D eigenvalue weighted by Crippen LogP contribution is 2.42. The van der Waals surface area contributed by atoms with Crippen molar-refractivity contribution in [2.75, 3.05) is 0 Å². The van der Waals surface area contributed by atoms with Gasteiger partial charge in [0.15, 0.2) is 0 Å². The van der Waals surface area contributed by atoms with Crippen molar-refractivity contribution < 1.29 is 28.8 Å². The summed E-state index contributed by atoms with van der Waals surface area (Å²) in [6, 6.07) is 0. The van der Waals surface area contributed by atoms with Gasteiger partial charge < -0.3 is 9.47 Å². The molecule has 28 heavy (non-hydrogen) atoms. The van der Waals surface area contributed by atoms with Gasteiger partial charge >= 0.3 is 11.9 Å². The molecule has 162 valence electrons. The van der Waals surface area contributed by atoms with E-state index < -0.39 is 29.1 Å². The van der Waals surface area contributed by atoms with E-state index in [1.54, 1.807) is 0 Å². The van der Waals surface area contributed by atoms with Crippen LogP contribution in [0.2, 0.25) is 0 Å². The van der Waals surface area contributed by atoms with E-state index in [-0.39, 0.29) is 18.0 Å². The van der Waals surface area contributed by atoms with Gasteiger partial charge in [-0.3, -0.25) is 9.59 Å². The Morgan fingerprint density at radius 1 is 0.857 bits per heavy atom. The Morgan fingerprint density at radius 2 is 1.39 bits per heavy atom. The molecule has 0 radical (unpaired) electrons. The second-order valence-corrected chi connectivity index (χ2v) is 9.47. The van der Waals surface area contributed by atoms with Gasteiger partial charge in [-0.1, -0.05) is 26.7 Å². The quantitative estimate of drug-likeness (QED) is 0.391. The molecular formula is C22H38O6. The topological polar surface area (TPSA) is 71.1 Å². The summed E-state index contributed by atoms with van der Waals surface area (Å²) in [5.41, 5.74) is -1.07. The summed E-state index contributed by atoms with van der Waals surface area (Å²) in [6.07, 6.45) is 5.89. The van der Waals surface area contributed by atoms with E-state index >= 15 is 0 Å². The zero-order valence-electron chi connectivity index (χ0n) is 18.4. The number of esters is 2. The molecule has 0 aromatic carbocycles. The van der Waals surface area contributed by atoms with Gasteiger partial charge in [-0.05, 0) is 66.2 Å². The summed E-state index contributed by atoms with van der Waals surface area (Å²) in [4.78, 5) is 36.6. The summed E-state index contributed by atoms with van der Waals surface area (Å²) < 4.78 is 11.6. The van der Waals surface area contributed by atoms with Gasteiger partial charge in [0.05, 0.1) is 5.92 Å². The first kappa shape index (κ1) is 23.1. The molecule has 0 N–H and O–H groups in total. The molecule has 4 unspecified atom stereocenters. The van der Waals surface area contributed by atoms with Crippen LogP contribution in [0, 0.1) is 11.8 Å². The number of rotatable bonds is 10. The molecule has 4 atom stereocenters. The SMILES string of the molecule is CCCCC(C)(C)OC(=O)C1CCC2OOC1C2C(=O)OC(C)(C)CCCC. The lowest BCUT2D eigenvalue weighted by molar-refractivity contribution is -0.295. The molecule has 6 heteroatoms. The van der Waals surface area contributed by atoms with Crippen LogP contribution >= 0.6 is 0 Å². The molecule has 6 nitrogen and oxygen atoms in total. The Balaban J connectivity index is 2.03.